The maximum atomic E-state index is 10.3. The van der Waals surface area contributed by atoms with Crippen LogP contribution in [0.5, 0.6) is 5.75 Å². The van der Waals surface area contributed by atoms with Gasteiger partial charge in [0.2, 0.25) is 0 Å². The molecule has 0 radical (unpaired) electrons. The number of nitrogens with one attached hydrogen (secondary N) is 1. The lowest BCUT2D eigenvalue weighted by molar-refractivity contribution is 0.313. The molecule has 1 saturated heterocycles. The summed E-state index contributed by atoms with van der Waals surface area (Å²) in [6, 6.07) is 19.6. The van der Waals surface area contributed by atoms with Crippen molar-refractivity contribution >= 4 is 46.7 Å². The predicted molar refractivity (Wildman–Crippen MR) is 137 cm³/mol. The second kappa shape index (κ2) is 10.3. The van der Waals surface area contributed by atoms with Crippen molar-refractivity contribution in [2.24, 2.45) is 0 Å². The number of phenols is 1. The first-order valence-corrected chi connectivity index (χ1v) is 11.5. The Kier molecular flexibility index (Phi) is 7.26. The minimum Gasteiger partial charge on any atom is -0.508 e. The van der Waals surface area contributed by atoms with Crippen LogP contribution in [0.2, 0.25) is 10.0 Å². The van der Waals surface area contributed by atoms with E-state index in [1.165, 1.54) is 5.69 Å². The van der Waals surface area contributed by atoms with Crippen molar-refractivity contribution in [1.82, 2.24) is 4.90 Å². The summed E-state index contributed by atoms with van der Waals surface area (Å²) in [7, 11) is 2.16. The van der Waals surface area contributed by atoms with Crippen molar-refractivity contribution in [1.29, 1.82) is 0 Å². The zero-order valence-electron chi connectivity index (χ0n) is 18.1. The molecule has 1 aliphatic rings. The molecule has 6 heteroatoms. The molecule has 0 spiro atoms. The summed E-state index contributed by atoms with van der Waals surface area (Å²) >= 11 is 12.1. The number of aromatic hydroxyl groups is 1. The summed E-state index contributed by atoms with van der Waals surface area (Å²) in [6.45, 7) is 4.76. The molecule has 0 aromatic heterocycles. The first kappa shape index (κ1) is 22.5. The normalized spacial score (nSPS) is 14.8. The number of nitrogens with zero attached hydrogens (tertiary/aromatic N) is 2. The molecule has 3 aromatic carbocycles. The van der Waals surface area contributed by atoms with Gasteiger partial charge >= 0.3 is 0 Å². The molecule has 0 bridgehead atoms. The van der Waals surface area contributed by atoms with E-state index >= 15 is 0 Å². The van der Waals surface area contributed by atoms with Crippen LogP contribution >= 0.6 is 23.2 Å². The van der Waals surface area contributed by atoms with Gasteiger partial charge in [0, 0.05) is 49.7 Å². The SMILES string of the molecule is CN1CCN(c2cccc(NCc3cc(/C=C/c4ccc(Cl)c(Cl)c4)ccc3O)c2)CC1. The molecule has 1 heterocycles. The predicted octanol–water partition coefficient (Wildman–Crippen LogP) is 6.23. The number of likely N-dealkylation sites (N-methyl/N-ethyl adjacent to an activating group) is 1. The lowest BCUT2D eigenvalue weighted by atomic mass is 10.1. The van der Waals surface area contributed by atoms with Gasteiger partial charge in [0.05, 0.1) is 10.0 Å². The maximum Gasteiger partial charge on any atom is 0.120 e. The lowest BCUT2D eigenvalue weighted by Crippen LogP contribution is -2.44. The van der Waals surface area contributed by atoms with Gasteiger partial charge in [-0.05, 0) is 60.6 Å². The Morgan fingerprint density at radius 2 is 1.59 bits per heavy atom. The van der Waals surface area contributed by atoms with Crippen LogP contribution in [0, 0.1) is 0 Å². The van der Waals surface area contributed by atoms with E-state index in [0.29, 0.717) is 16.6 Å². The van der Waals surface area contributed by atoms with E-state index in [4.69, 9.17) is 23.2 Å². The molecule has 1 fully saturated rings. The summed E-state index contributed by atoms with van der Waals surface area (Å²) in [4.78, 5) is 4.77. The zero-order valence-corrected chi connectivity index (χ0v) is 19.6. The monoisotopic (exact) mass is 467 g/mol. The third-order valence-electron chi connectivity index (χ3n) is 5.71. The molecule has 166 valence electrons. The average molecular weight is 468 g/mol. The van der Waals surface area contributed by atoms with Crippen LogP contribution < -0.4 is 10.2 Å². The van der Waals surface area contributed by atoms with Crippen LogP contribution in [0.4, 0.5) is 11.4 Å². The maximum absolute atomic E-state index is 10.3. The molecule has 4 nitrogen and oxygen atoms in total. The second-order valence-corrected chi connectivity index (χ2v) is 8.90. The van der Waals surface area contributed by atoms with Crippen LogP contribution in [-0.4, -0.2) is 43.2 Å². The smallest absolute Gasteiger partial charge is 0.120 e. The van der Waals surface area contributed by atoms with E-state index in [-0.39, 0.29) is 5.75 Å². The summed E-state index contributed by atoms with van der Waals surface area (Å²) in [5.41, 5.74) is 5.07. The van der Waals surface area contributed by atoms with Gasteiger partial charge in [-0.1, -0.05) is 53.6 Å². The molecule has 1 aliphatic heterocycles. The number of hydrogen-bond donors (Lipinski definition) is 2. The summed E-state index contributed by atoms with van der Waals surface area (Å²) in [6.07, 6.45) is 3.97. The standard InChI is InChI=1S/C26H27Cl2N3O/c1-30-11-13-31(14-12-30)23-4-2-3-22(17-23)29-18-21-15-19(8-10-26(21)32)5-6-20-7-9-24(27)25(28)16-20/h2-10,15-17,29,32H,11-14,18H2,1H3/b6-5+. The fourth-order valence-electron chi connectivity index (χ4n) is 3.73. The molecule has 0 amide bonds. The van der Waals surface area contributed by atoms with Gasteiger partial charge in [-0.15, -0.1) is 0 Å². The van der Waals surface area contributed by atoms with Crippen molar-refractivity contribution in [3.8, 4) is 5.75 Å². The van der Waals surface area contributed by atoms with E-state index in [1.807, 2.05) is 36.4 Å². The minimum atomic E-state index is 0.277. The van der Waals surface area contributed by atoms with Gasteiger partial charge < -0.3 is 20.2 Å². The fraction of sp³-hybridized carbons (Fsp3) is 0.231. The summed E-state index contributed by atoms with van der Waals surface area (Å²) < 4.78 is 0. The van der Waals surface area contributed by atoms with E-state index < -0.39 is 0 Å². The highest BCUT2D eigenvalue weighted by molar-refractivity contribution is 6.42. The van der Waals surface area contributed by atoms with Crippen LogP contribution in [0.1, 0.15) is 16.7 Å². The largest absolute Gasteiger partial charge is 0.508 e. The summed E-state index contributed by atoms with van der Waals surface area (Å²) in [5.74, 6) is 0.277. The molecule has 3 aromatic rings. The van der Waals surface area contributed by atoms with Crippen LogP contribution in [0.3, 0.4) is 0 Å². The van der Waals surface area contributed by atoms with Gasteiger partial charge in [0.15, 0.2) is 0 Å². The minimum absolute atomic E-state index is 0.277. The van der Waals surface area contributed by atoms with Crippen molar-refractivity contribution in [2.75, 3.05) is 43.4 Å². The van der Waals surface area contributed by atoms with E-state index in [1.54, 1.807) is 12.1 Å². The molecule has 0 unspecified atom stereocenters. The Labute approximate surface area is 199 Å². The lowest BCUT2D eigenvalue weighted by Gasteiger charge is -2.34. The Morgan fingerprint density at radius 1 is 0.875 bits per heavy atom. The molecular formula is C26H27Cl2N3O. The quantitative estimate of drug-likeness (QED) is 0.421. The molecule has 0 aliphatic carbocycles. The molecule has 32 heavy (non-hydrogen) atoms. The number of phenolic OH excluding ortho intramolecular Hbond substituents is 1. The molecular weight excluding hydrogens is 441 g/mol. The Bertz CT molecular complexity index is 1110. The first-order valence-electron chi connectivity index (χ1n) is 10.7. The van der Waals surface area contributed by atoms with Crippen LogP contribution in [0.15, 0.2) is 60.7 Å². The fourth-order valence-corrected chi connectivity index (χ4v) is 4.04. The third kappa shape index (κ3) is 5.77. The highest BCUT2D eigenvalue weighted by Gasteiger charge is 2.14. The third-order valence-corrected chi connectivity index (χ3v) is 6.45. The van der Waals surface area contributed by atoms with Crippen molar-refractivity contribution < 1.29 is 5.11 Å². The van der Waals surface area contributed by atoms with E-state index in [2.05, 4.69) is 46.4 Å². The van der Waals surface area contributed by atoms with E-state index in [0.717, 1.165) is 48.6 Å². The number of benzene rings is 3. The Hall–Kier alpha value is -2.66. The summed E-state index contributed by atoms with van der Waals surface area (Å²) in [5, 5.41) is 14.9. The first-order chi connectivity index (χ1) is 15.5. The molecule has 4 rings (SSSR count). The Balaban J connectivity index is 1.43. The van der Waals surface area contributed by atoms with Crippen molar-refractivity contribution in [3.05, 3.63) is 87.4 Å². The van der Waals surface area contributed by atoms with Crippen molar-refractivity contribution in [2.45, 2.75) is 6.54 Å². The highest BCUT2D eigenvalue weighted by Crippen LogP contribution is 2.26. The highest BCUT2D eigenvalue weighted by atomic mass is 35.5. The van der Waals surface area contributed by atoms with Gasteiger partial charge in [-0.25, -0.2) is 0 Å². The second-order valence-electron chi connectivity index (χ2n) is 8.09. The van der Waals surface area contributed by atoms with E-state index in [9.17, 15) is 5.11 Å². The van der Waals surface area contributed by atoms with Crippen molar-refractivity contribution in [3.63, 3.8) is 0 Å². The number of anilines is 2. The van der Waals surface area contributed by atoms with Crippen LogP contribution in [0.25, 0.3) is 12.2 Å². The van der Waals surface area contributed by atoms with Gasteiger partial charge in [-0.3, -0.25) is 0 Å². The topological polar surface area (TPSA) is 38.7 Å². The Morgan fingerprint density at radius 3 is 2.34 bits per heavy atom. The number of hydrogen-bond acceptors (Lipinski definition) is 4. The van der Waals surface area contributed by atoms with Gasteiger partial charge in [0.25, 0.3) is 0 Å². The number of piperazine rings is 1. The molecule has 2 N–H and O–H groups in total. The zero-order chi connectivity index (χ0) is 22.5. The molecule has 0 atom stereocenters. The number of halogens is 2. The van der Waals surface area contributed by atoms with Crippen LogP contribution in [-0.2, 0) is 6.54 Å². The number of rotatable bonds is 6. The van der Waals surface area contributed by atoms with Gasteiger partial charge in [-0.2, -0.15) is 0 Å². The molecule has 0 saturated carbocycles. The van der Waals surface area contributed by atoms with Gasteiger partial charge in [0.1, 0.15) is 5.75 Å². The average Bonchev–Trinajstić information content (AvgIpc) is 2.80.